The zero-order valence-electron chi connectivity index (χ0n) is 9.51. The van der Waals surface area contributed by atoms with E-state index in [-0.39, 0.29) is 0 Å². The third kappa shape index (κ3) is 5.45. The van der Waals surface area contributed by atoms with Gasteiger partial charge in [-0.25, -0.2) is 4.79 Å². The van der Waals surface area contributed by atoms with Crippen LogP contribution in [0.3, 0.4) is 0 Å². The van der Waals surface area contributed by atoms with Crippen molar-refractivity contribution in [1.29, 1.82) is 0 Å². The lowest BCUT2D eigenvalue weighted by Gasteiger charge is -2.19. The lowest BCUT2D eigenvalue weighted by atomic mass is 10.2. The van der Waals surface area contributed by atoms with Gasteiger partial charge in [-0.15, -0.1) is 0 Å². The Morgan fingerprint density at radius 2 is 1.59 bits per heavy atom. The zero-order chi connectivity index (χ0) is 13.2. The van der Waals surface area contributed by atoms with Gasteiger partial charge in [0, 0.05) is 3.57 Å². The van der Waals surface area contributed by atoms with E-state index in [1.54, 1.807) is 20.8 Å². The van der Waals surface area contributed by atoms with Gasteiger partial charge in [-0.3, -0.25) is 0 Å². The van der Waals surface area contributed by atoms with Crippen molar-refractivity contribution in [2.45, 2.75) is 26.4 Å². The Morgan fingerprint density at radius 1 is 1.12 bits per heavy atom. The molecule has 0 bridgehead atoms. The highest BCUT2D eigenvalue weighted by Crippen LogP contribution is 2.30. The molecule has 0 atom stereocenters. The van der Waals surface area contributed by atoms with Gasteiger partial charge in [0.05, 0.1) is 7.14 Å². The van der Waals surface area contributed by atoms with Crippen LogP contribution in [0.2, 0.25) is 0 Å². The van der Waals surface area contributed by atoms with E-state index >= 15 is 0 Å². The molecule has 0 saturated carbocycles. The fourth-order valence-electron chi connectivity index (χ4n) is 0.981. The normalized spacial score (nSPS) is 11.2. The number of hydrogen-bond donors (Lipinski definition) is 0. The maximum Gasteiger partial charge on any atom is 0.514 e. The van der Waals surface area contributed by atoms with E-state index in [1.165, 1.54) is 0 Å². The number of carbonyl (C=O) groups excluding carboxylic acids is 1. The van der Waals surface area contributed by atoms with Gasteiger partial charge in [0.2, 0.25) is 0 Å². The molecule has 1 aromatic rings. The fourth-order valence-corrected chi connectivity index (χ4v) is 4.78. The first-order chi connectivity index (χ1) is 7.69. The highest BCUT2D eigenvalue weighted by atomic mass is 127. The molecule has 0 N–H and O–H groups in total. The predicted molar refractivity (Wildman–Crippen MR) is 91.5 cm³/mol. The number of hydrogen-bond acceptors (Lipinski definition) is 3. The van der Waals surface area contributed by atoms with Crippen LogP contribution >= 0.6 is 67.8 Å². The molecule has 0 aromatic heterocycles. The number of benzene rings is 1. The standard InChI is InChI=1S/C11H11I3O3/c1-11(2,3)17-10(15)16-9-7(13)4-6(12)5-8(9)14/h4-5H,1-3H3. The molecule has 1 rings (SSSR count). The van der Waals surface area contributed by atoms with E-state index in [0.29, 0.717) is 5.75 Å². The summed E-state index contributed by atoms with van der Waals surface area (Å²) in [7, 11) is 0. The summed E-state index contributed by atoms with van der Waals surface area (Å²) in [5.74, 6) is 0.556. The van der Waals surface area contributed by atoms with Crippen LogP contribution in [0.15, 0.2) is 12.1 Å². The summed E-state index contributed by atoms with van der Waals surface area (Å²) < 4.78 is 13.2. The molecule has 0 amide bonds. The summed E-state index contributed by atoms with van der Waals surface area (Å²) in [6.45, 7) is 5.41. The summed E-state index contributed by atoms with van der Waals surface area (Å²) in [6, 6.07) is 3.89. The number of halogens is 3. The molecule has 6 heteroatoms. The van der Waals surface area contributed by atoms with E-state index in [4.69, 9.17) is 9.47 Å². The molecular weight excluding hydrogens is 561 g/mol. The van der Waals surface area contributed by atoms with E-state index in [9.17, 15) is 4.79 Å². The third-order valence-electron chi connectivity index (χ3n) is 1.54. The van der Waals surface area contributed by atoms with Crippen LogP contribution in [-0.2, 0) is 4.74 Å². The van der Waals surface area contributed by atoms with Crippen LogP contribution in [0, 0.1) is 10.7 Å². The van der Waals surface area contributed by atoms with Crippen molar-refractivity contribution in [3.8, 4) is 5.75 Å². The average molecular weight is 572 g/mol. The van der Waals surface area contributed by atoms with Crippen molar-refractivity contribution in [2.24, 2.45) is 0 Å². The lowest BCUT2D eigenvalue weighted by Crippen LogP contribution is -2.26. The van der Waals surface area contributed by atoms with Crippen molar-refractivity contribution in [3.05, 3.63) is 22.8 Å². The smallest absolute Gasteiger partial charge is 0.428 e. The predicted octanol–water partition coefficient (Wildman–Crippen LogP) is 4.81. The van der Waals surface area contributed by atoms with Crippen LogP contribution in [0.1, 0.15) is 20.8 Å². The highest BCUT2D eigenvalue weighted by molar-refractivity contribution is 14.1. The first kappa shape index (κ1) is 15.7. The molecule has 94 valence electrons. The van der Waals surface area contributed by atoms with Gasteiger partial charge in [-0.05, 0) is 101 Å². The largest absolute Gasteiger partial charge is 0.514 e. The van der Waals surface area contributed by atoms with Gasteiger partial charge in [-0.2, -0.15) is 0 Å². The van der Waals surface area contributed by atoms with E-state index in [1.807, 2.05) is 12.1 Å². The number of rotatable bonds is 1. The van der Waals surface area contributed by atoms with Crippen LogP contribution in [0.5, 0.6) is 5.75 Å². The van der Waals surface area contributed by atoms with Crippen LogP contribution in [0.4, 0.5) is 4.79 Å². The molecule has 0 spiro atoms. The Kier molecular flexibility index (Phi) is 5.76. The first-order valence-corrected chi connectivity index (χ1v) is 7.98. The molecular formula is C11H11I3O3. The van der Waals surface area contributed by atoms with E-state index in [2.05, 4.69) is 67.8 Å². The molecule has 0 radical (unpaired) electrons. The molecule has 0 aliphatic rings. The van der Waals surface area contributed by atoms with Crippen molar-refractivity contribution < 1.29 is 14.3 Å². The molecule has 0 saturated heterocycles. The lowest BCUT2D eigenvalue weighted by molar-refractivity contribution is 0.0203. The van der Waals surface area contributed by atoms with Crippen molar-refractivity contribution in [3.63, 3.8) is 0 Å². The molecule has 0 heterocycles. The molecule has 3 nitrogen and oxygen atoms in total. The number of carbonyl (C=O) groups is 1. The first-order valence-electron chi connectivity index (χ1n) is 4.74. The maximum absolute atomic E-state index is 11.6. The van der Waals surface area contributed by atoms with Crippen LogP contribution in [0.25, 0.3) is 0 Å². The summed E-state index contributed by atoms with van der Waals surface area (Å²) in [5.41, 5.74) is -0.544. The van der Waals surface area contributed by atoms with Gasteiger partial charge in [0.1, 0.15) is 5.60 Å². The molecule has 1 aromatic carbocycles. The topological polar surface area (TPSA) is 35.5 Å². The van der Waals surface area contributed by atoms with Crippen molar-refractivity contribution >= 4 is 73.9 Å². The van der Waals surface area contributed by atoms with Crippen molar-refractivity contribution in [2.75, 3.05) is 0 Å². The van der Waals surface area contributed by atoms with E-state index < -0.39 is 11.8 Å². The quantitative estimate of drug-likeness (QED) is 0.276. The summed E-state index contributed by atoms with van der Waals surface area (Å²) in [6.07, 6.45) is -0.672. The summed E-state index contributed by atoms with van der Waals surface area (Å²) in [5, 5.41) is 0. The van der Waals surface area contributed by atoms with Gasteiger partial charge >= 0.3 is 6.16 Å². The van der Waals surface area contributed by atoms with Crippen LogP contribution in [-0.4, -0.2) is 11.8 Å². The zero-order valence-corrected chi connectivity index (χ0v) is 16.0. The Balaban J connectivity index is 2.86. The van der Waals surface area contributed by atoms with Gasteiger partial charge in [0.25, 0.3) is 0 Å². The minimum atomic E-state index is -0.672. The van der Waals surface area contributed by atoms with Gasteiger partial charge < -0.3 is 9.47 Å². The Bertz CT molecular complexity index is 415. The molecule has 0 unspecified atom stereocenters. The third-order valence-corrected chi connectivity index (χ3v) is 3.76. The van der Waals surface area contributed by atoms with Crippen LogP contribution < -0.4 is 4.74 Å². The molecule has 0 aliphatic heterocycles. The minimum Gasteiger partial charge on any atom is -0.428 e. The second kappa shape index (κ2) is 6.22. The van der Waals surface area contributed by atoms with Gasteiger partial charge in [0.15, 0.2) is 5.75 Å². The molecule has 17 heavy (non-hydrogen) atoms. The SMILES string of the molecule is CC(C)(C)OC(=O)Oc1c(I)cc(I)cc1I. The fraction of sp³-hybridized carbons (Fsp3) is 0.364. The van der Waals surface area contributed by atoms with E-state index in [0.717, 1.165) is 10.7 Å². The average Bonchev–Trinajstić information content (AvgIpc) is 2.08. The minimum absolute atomic E-state index is 0.544. The Morgan fingerprint density at radius 3 is 2.00 bits per heavy atom. The second-order valence-corrected chi connectivity index (χ2v) is 7.84. The van der Waals surface area contributed by atoms with Gasteiger partial charge in [-0.1, -0.05) is 0 Å². The Hall–Kier alpha value is 0.680. The summed E-state index contributed by atoms with van der Waals surface area (Å²) >= 11 is 6.50. The Labute approximate surface area is 141 Å². The molecule has 0 aliphatic carbocycles. The maximum atomic E-state index is 11.6. The number of ether oxygens (including phenoxy) is 2. The van der Waals surface area contributed by atoms with Crippen molar-refractivity contribution in [1.82, 2.24) is 0 Å². The monoisotopic (exact) mass is 572 g/mol. The highest BCUT2D eigenvalue weighted by Gasteiger charge is 2.20. The molecule has 0 fully saturated rings. The second-order valence-electron chi connectivity index (χ2n) is 4.27. The summed E-state index contributed by atoms with van der Waals surface area (Å²) in [4.78, 5) is 11.6.